The summed E-state index contributed by atoms with van der Waals surface area (Å²) in [5, 5.41) is 17.7. The van der Waals surface area contributed by atoms with Gasteiger partial charge in [-0.25, -0.2) is 0 Å². The summed E-state index contributed by atoms with van der Waals surface area (Å²) in [4.78, 5) is 19.5. The van der Waals surface area contributed by atoms with E-state index in [-0.39, 0.29) is 18.9 Å². The summed E-state index contributed by atoms with van der Waals surface area (Å²) in [5.74, 6) is -2.00. The van der Waals surface area contributed by atoms with E-state index >= 15 is 0 Å². The maximum atomic E-state index is 9.74. The average Bonchev–Trinajstić information content (AvgIpc) is 2.03. The second-order valence-electron chi connectivity index (χ2n) is 2.04. The quantitative estimate of drug-likeness (QED) is 0.274. The zero-order chi connectivity index (χ0) is 10.9. The predicted octanol–water partition coefficient (Wildman–Crippen LogP) is -5.58. The van der Waals surface area contributed by atoms with E-state index in [0.717, 1.165) is 5.75 Å². The van der Waals surface area contributed by atoms with Gasteiger partial charge < -0.3 is 26.5 Å². The van der Waals surface area contributed by atoms with E-state index in [2.05, 4.69) is 12.6 Å². The number of carboxylic acids is 2. The minimum absolute atomic E-state index is 0. The Morgan fingerprint density at radius 1 is 1.50 bits per heavy atom. The topological polar surface area (TPSA) is 129 Å². The van der Waals surface area contributed by atoms with Crippen LogP contribution in [0.5, 0.6) is 0 Å². The van der Waals surface area contributed by atoms with E-state index in [0.29, 0.717) is 6.54 Å². The number of carbonyl (C=O) groups excluding carboxylic acids is 1. The van der Waals surface area contributed by atoms with Crippen LogP contribution in [0.1, 0.15) is 6.42 Å². The Bertz CT molecular complexity index is 168. The maximum absolute atomic E-state index is 9.74. The molecule has 78 valence electrons. The molecule has 0 fully saturated rings. The van der Waals surface area contributed by atoms with Crippen molar-refractivity contribution < 1.29 is 38.7 Å². The number of carbonyl (C=O) groups is 2. The SMILES string of the molecule is NCCS.N[C@@H](CC(=O)O)C(=O)[O-].[Li+]. The van der Waals surface area contributed by atoms with Gasteiger partial charge in [0.15, 0.2) is 0 Å². The summed E-state index contributed by atoms with van der Waals surface area (Å²) < 4.78 is 0. The van der Waals surface area contributed by atoms with E-state index in [4.69, 9.17) is 16.6 Å². The predicted molar refractivity (Wildman–Crippen MR) is 48.1 cm³/mol. The summed E-state index contributed by atoms with van der Waals surface area (Å²) >= 11 is 3.80. The molecule has 0 heterocycles. The molecule has 8 heteroatoms. The molecule has 5 N–H and O–H groups in total. The van der Waals surface area contributed by atoms with Gasteiger partial charge in [0.05, 0.1) is 18.4 Å². The molecule has 0 aromatic rings. The molecular formula is C6H13LiN2O4S. The van der Waals surface area contributed by atoms with Crippen LogP contribution < -0.4 is 35.4 Å². The Morgan fingerprint density at radius 3 is 1.93 bits per heavy atom. The fraction of sp³-hybridized carbons (Fsp3) is 0.667. The van der Waals surface area contributed by atoms with E-state index in [9.17, 15) is 14.7 Å². The molecule has 0 aliphatic rings. The van der Waals surface area contributed by atoms with Crippen LogP contribution in [0.15, 0.2) is 0 Å². The van der Waals surface area contributed by atoms with Crippen molar-refractivity contribution in [3.05, 3.63) is 0 Å². The third-order valence-corrected chi connectivity index (χ3v) is 1.08. The fourth-order valence-corrected chi connectivity index (χ4v) is 0.271. The molecule has 0 radical (unpaired) electrons. The van der Waals surface area contributed by atoms with Crippen LogP contribution in [0.3, 0.4) is 0 Å². The minimum Gasteiger partial charge on any atom is -0.548 e. The van der Waals surface area contributed by atoms with Crippen LogP contribution in [0.25, 0.3) is 0 Å². The molecule has 0 bridgehead atoms. The average molecular weight is 216 g/mol. The van der Waals surface area contributed by atoms with E-state index in [1.165, 1.54) is 0 Å². The first kappa shape index (κ1) is 19.4. The minimum atomic E-state index is -1.54. The molecule has 0 rings (SSSR count). The molecule has 0 saturated carbocycles. The molecule has 0 unspecified atom stereocenters. The first-order chi connectivity index (χ1) is 5.95. The summed E-state index contributed by atoms with van der Waals surface area (Å²) in [6.45, 7) is 0.684. The van der Waals surface area contributed by atoms with Crippen LogP contribution in [-0.4, -0.2) is 35.4 Å². The summed E-state index contributed by atoms with van der Waals surface area (Å²) in [7, 11) is 0. The molecule has 0 amide bonds. The van der Waals surface area contributed by atoms with E-state index in [1.807, 2.05) is 0 Å². The second-order valence-corrected chi connectivity index (χ2v) is 2.48. The number of carboxylic acid groups (broad SMARTS) is 2. The first-order valence-electron chi connectivity index (χ1n) is 3.44. The number of hydrogen-bond acceptors (Lipinski definition) is 6. The summed E-state index contributed by atoms with van der Waals surface area (Å²) in [6.07, 6.45) is -0.595. The number of rotatable bonds is 4. The van der Waals surface area contributed by atoms with Crippen molar-refractivity contribution >= 4 is 24.6 Å². The number of hydrogen-bond donors (Lipinski definition) is 4. The smallest absolute Gasteiger partial charge is 0.548 e. The molecule has 0 spiro atoms. The Hall–Kier alpha value is -0.193. The second kappa shape index (κ2) is 12.8. The fourth-order valence-electron chi connectivity index (χ4n) is 0.271. The van der Waals surface area contributed by atoms with Crippen LogP contribution in [0.2, 0.25) is 0 Å². The molecule has 14 heavy (non-hydrogen) atoms. The van der Waals surface area contributed by atoms with Crippen LogP contribution in [0, 0.1) is 0 Å². The van der Waals surface area contributed by atoms with Gasteiger partial charge in [-0.2, -0.15) is 12.6 Å². The van der Waals surface area contributed by atoms with E-state index in [1.54, 1.807) is 0 Å². The number of thiol groups is 1. The summed E-state index contributed by atoms with van der Waals surface area (Å²) in [5.41, 5.74) is 9.73. The van der Waals surface area contributed by atoms with Crippen molar-refractivity contribution in [3.63, 3.8) is 0 Å². The van der Waals surface area contributed by atoms with Gasteiger partial charge >= 0.3 is 24.8 Å². The van der Waals surface area contributed by atoms with Crippen molar-refractivity contribution in [1.29, 1.82) is 0 Å². The molecular weight excluding hydrogens is 203 g/mol. The van der Waals surface area contributed by atoms with Crippen molar-refractivity contribution in [2.45, 2.75) is 12.5 Å². The van der Waals surface area contributed by atoms with Gasteiger partial charge in [-0.05, 0) is 0 Å². The standard InChI is InChI=1S/C4H7NO4.C2H7NS.Li/c5-2(4(8)9)1-3(6)7;3-1-2-4;/h2H,1,5H2,(H,6,7)(H,8,9);4H,1-3H2;/q;;+1/p-1/t2-;;/m0../s1. The Morgan fingerprint density at radius 2 is 1.86 bits per heavy atom. The largest absolute Gasteiger partial charge is 1.00 e. The molecule has 0 saturated heterocycles. The van der Waals surface area contributed by atoms with Gasteiger partial charge in [-0.1, -0.05) is 0 Å². The van der Waals surface area contributed by atoms with Crippen LogP contribution >= 0.6 is 12.6 Å². The summed E-state index contributed by atoms with van der Waals surface area (Å²) in [6, 6.07) is -1.40. The van der Waals surface area contributed by atoms with Gasteiger partial charge in [-0.3, -0.25) is 4.79 Å². The molecule has 0 aliphatic heterocycles. The maximum Gasteiger partial charge on any atom is 1.00 e. The first-order valence-corrected chi connectivity index (χ1v) is 4.08. The van der Waals surface area contributed by atoms with Crippen LogP contribution in [-0.2, 0) is 9.59 Å². The number of aliphatic carboxylic acids is 2. The third kappa shape index (κ3) is 17.8. The number of nitrogens with two attached hydrogens (primary N) is 2. The molecule has 0 aromatic heterocycles. The van der Waals surface area contributed by atoms with Gasteiger partial charge in [0, 0.05) is 12.3 Å². The van der Waals surface area contributed by atoms with Gasteiger partial charge in [0.1, 0.15) is 0 Å². The Kier molecular flexibility index (Phi) is 17.7. The Balaban J connectivity index is -0.000000209. The van der Waals surface area contributed by atoms with Crippen LogP contribution in [0.4, 0.5) is 0 Å². The Labute approximate surface area is 99.6 Å². The van der Waals surface area contributed by atoms with Crippen molar-refractivity contribution in [2.75, 3.05) is 12.3 Å². The van der Waals surface area contributed by atoms with Crippen molar-refractivity contribution in [2.24, 2.45) is 11.5 Å². The zero-order valence-corrected chi connectivity index (χ0v) is 8.87. The van der Waals surface area contributed by atoms with Gasteiger partial charge in [-0.15, -0.1) is 0 Å². The third-order valence-electron chi connectivity index (χ3n) is 0.826. The molecule has 1 atom stereocenters. The van der Waals surface area contributed by atoms with E-state index < -0.39 is 24.4 Å². The van der Waals surface area contributed by atoms with Gasteiger partial charge in [0.25, 0.3) is 0 Å². The molecule has 0 aliphatic carbocycles. The van der Waals surface area contributed by atoms with Crippen molar-refractivity contribution in [1.82, 2.24) is 0 Å². The normalized spacial score (nSPS) is 10.2. The molecule has 0 aromatic carbocycles. The zero-order valence-electron chi connectivity index (χ0n) is 7.97. The monoisotopic (exact) mass is 216 g/mol. The molecule has 6 nitrogen and oxygen atoms in total. The van der Waals surface area contributed by atoms with Crippen molar-refractivity contribution in [3.8, 4) is 0 Å². The van der Waals surface area contributed by atoms with Gasteiger partial charge in [0.2, 0.25) is 0 Å².